The molecule has 5 nitrogen and oxygen atoms in total. The normalized spacial score (nSPS) is 24.6. The van der Waals surface area contributed by atoms with Gasteiger partial charge in [0.25, 0.3) is 0 Å². The van der Waals surface area contributed by atoms with E-state index >= 15 is 0 Å². The third-order valence-corrected chi connectivity index (χ3v) is 5.01. The highest BCUT2D eigenvalue weighted by Gasteiger charge is 2.30. The molecule has 2 fully saturated rings. The summed E-state index contributed by atoms with van der Waals surface area (Å²) in [6.45, 7) is 4.17. The highest BCUT2D eigenvalue weighted by atomic mass is 16.5. The zero-order chi connectivity index (χ0) is 16.1. The van der Waals surface area contributed by atoms with Gasteiger partial charge in [0.05, 0.1) is 5.69 Å². The van der Waals surface area contributed by atoms with Gasteiger partial charge in [-0.3, -0.25) is 4.79 Å². The second-order valence-electron chi connectivity index (χ2n) is 7.15. The van der Waals surface area contributed by atoms with Crippen molar-refractivity contribution < 1.29 is 9.32 Å². The SMILES string of the molecule is CCCCc1cc(C[C@@H]2CNCC[C@H]2CC(=O)NC2CC2)no1. The lowest BCUT2D eigenvalue weighted by molar-refractivity contribution is -0.122. The first-order chi connectivity index (χ1) is 11.2. The number of aryl methyl sites for hydroxylation is 1. The highest BCUT2D eigenvalue weighted by molar-refractivity contribution is 5.76. The number of nitrogens with one attached hydrogen (secondary N) is 2. The van der Waals surface area contributed by atoms with Crippen LogP contribution in [-0.4, -0.2) is 30.2 Å². The number of carbonyl (C=O) groups excluding carboxylic acids is 1. The first-order valence-corrected chi connectivity index (χ1v) is 9.19. The molecule has 0 unspecified atom stereocenters. The topological polar surface area (TPSA) is 67.2 Å². The molecule has 1 aliphatic heterocycles. The lowest BCUT2D eigenvalue weighted by atomic mass is 9.81. The summed E-state index contributed by atoms with van der Waals surface area (Å²) >= 11 is 0. The fourth-order valence-electron chi connectivity index (χ4n) is 3.43. The van der Waals surface area contributed by atoms with Crippen molar-refractivity contribution in [3.8, 4) is 0 Å². The van der Waals surface area contributed by atoms with E-state index in [0.717, 1.165) is 63.1 Å². The zero-order valence-corrected chi connectivity index (χ0v) is 14.1. The quantitative estimate of drug-likeness (QED) is 0.772. The Morgan fingerprint density at radius 3 is 3.04 bits per heavy atom. The van der Waals surface area contributed by atoms with Gasteiger partial charge in [0.2, 0.25) is 5.91 Å². The predicted octanol–water partition coefficient (Wildman–Crippen LogP) is 2.45. The molecule has 2 atom stereocenters. The Balaban J connectivity index is 1.52. The van der Waals surface area contributed by atoms with E-state index in [1.807, 2.05) is 0 Å². The monoisotopic (exact) mass is 319 g/mol. The molecule has 5 heteroatoms. The number of nitrogens with zero attached hydrogens (tertiary/aromatic N) is 1. The molecular formula is C18H29N3O2. The largest absolute Gasteiger partial charge is 0.361 e. The van der Waals surface area contributed by atoms with Gasteiger partial charge in [-0.05, 0) is 57.0 Å². The van der Waals surface area contributed by atoms with E-state index in [1.54, 1.807) is 0 Å². The minimum absolute atomic E-state index is 0.230. The van der Waals surface area contributed by atoms with E-state index in [1.165, 1.54) is 6.42 Å². The van der Waals surface area contributed by atoms with Crippen LogP contribution in [0.1, 0.15) is 56.9 Å². The van der Waals surface area contributed by atoms with Crippen molar-refractivity contribution in [1.29, 1.82) is 0 Å². The number of amides is 1. The molecule has 0 aromatic carbocycles. The van der Waals surface area contributed by atoms with Crippen LogP contribution in [0.25, 0.3) is 0 Å². The van der Waals surface area contributed by atoms with Gasteiger partial charge in [0.15, 0.2) is 0 Å². The molecule has 1 saturated heterocycles. The molecule has 2 aliphatic rings. The lowest BCUT2D eigenvalue weighted by Gasteiger charge is -2.31. The van der Waals surface area contributed by atoms with Gasteiger partial charge in [0, 0.05) is 24.9 Å². The summed E-state index contributed by atoms with van der Waals surface area (Å²) in [5.74, 6) is 2.14. The van der Waals surface area contributed by atoms with Gasteiger partial charge in [-0.25, -0.2) is 0 Å². The molecule has 0 radical (unpaired) electrons. The molecule has 0 bridgehead atoms. The molecule has 1 aromatic heterocycles. The minimum atomic E-state index is 0.230. The first kappa shape index (κ1) is 16.5. The van der Waals surface area contributed by atoms with Crippen LogP contribution in [0.3, 0.4) is 0 Å². The number of piperidine rings is 1. The Hall–Kier alpha value is -1.36. The van der Waals surface area contributed by atoms with Crippen molar-refractivity contribution in [2.45, 2.75) is 64.3 Å². The summed E-state index contributed by atoms with van der Waals surface area (Å²) in [6.07, 6.45) is 8.22. The maximum Gasteiger partial charge on any atom is 0.220 e. The second kappa shape index (κ2) is 7.95. The predicted molar refractivity (Wildman–Crippen MR) is 89.1 cm³/mol. The molecule has 23 heavy (non-hydrogen) atoms. The molecule has 3 rings (SSSR count). The zero-order valence-electron chi connectivity index (χ0n) is 14.1. The van der Waals surface area contributed by atoms with E-state index in [0.29, 0.717) is 24.3 Å². The molecule has 1 amide bonds. The number of carbonyl (C=O) groups is 1. The number of aromatic nitrogens is 1. The average Bonchev–Trinajstić information content (AvgIpc) is 3.24. The van der Waals surface area contributed by atoms with Crippen molar-refractivity contribution in [2.24, 2.45) is 11.8 Å². The van der Waals surface area contributed by atoms with Crippen LogP contribution in [0, 0.1) is 11.8 Å². The number of hydrogen-bond acceptors (Lipinski definition) is 4. The molecule has 2 N–H and O–H groups in total. The maximum absolute atomic E-state index is 12.1. The molecule has 0 spiro atoms. The van der Waals surface area contributed by atoms with Crippen molar-refractivity contribution in [1.82, 2.24) is 15.8 Å². The van der Waals surface area contributed by atoms with Crippen LogP contribution in [0.5, 0.6) is 0 Å². The van der Waals surface area contributed by atoms with Crippen LogP contribution in [0.15, 0.2) is 10.6 Å². The minimum Gasteiger partial charge on any atom is -0.361 e. The van der Waals surface area contributed by atoms with E-state index in [9.17, 15) is 4.79 Å². The van der Waals surface area contributed by atoms with Crippen molar-refractivity contribution >= 4 is 5.91 Å². The van der Waals surface area contributed by atoms with Gasteiger partial charge < -0.3 is 15.2 Å². The molecule has 128 valence electrons. The lowest BCUT2D eigenvalue weighted by Crippen LogP contribution is -2.40. The summed E-state index contributed by atoms with van der Waals surface area (Å²) in [6, 6.07) is 2.56. The van der Waals surface area contributed by atoms with Crippen LogP contribution < -0.4 is 10.6 Å². The molecule has 1 aliphatic carbocycles. The Morgan fingerprint density at radius 2 is 2.26 bits per heavy atom. The number of rotatable bonds is 8. The van der Waals surface area contributed by atoms with Gasteiger partial charge in [-0.15, -0.1) is 0 Å². The van der Waals surface area contributed by atoms with Crippen LogP contribution in [0.2, 0.25) is 0 Å². The van der Waals surface area contributed by atoms with Crippen molar-refractivity contribution in [3.05, 3.63) is 17.5 Å². The van der Waals surface area contributed by atoms with Gasteiger partial charge in [-0.1, -0.05) is 18.5 Å². The van der Waals surface area contributed by atoms with E-state index < -0.39 is 0 Å². The third kappa shape index (κ3) is 5.06. The summed E-state index contributed by atoms with van der Waals surface area (Å²) in [4.78, 5) is 12.1. The van der Waals surface area contributed by atoms with E-state index in [4.69, 9.17) is 4.52 Å². The summed E-state index contributed by atoms with van der Waals surface area (Å²) in [7, 11) is 0. The second-order valence-corrected chi connectivity index (χ2v) is 7.15. The Morgan fingerprint density at radius 1 is 1.39 bits per heavy atom. The van der Waals surface area contributed by atoms with Crippen molar-refractivity contribution in [2.75, 3.05) is 13.1 Å². The summed E-state index contributed by atoms with van der Waals surface area (Å²) < 4.78 is 5.44. The average molecular weight is 319 g/mol. The van der Waals surface area contributed by atoms with Crippen LogP contribution in [0.4, 0.5) is 0 Å². The van der Waals surface area contributed by atoms with Gasteiger partial charge in [0.1, 0.15) is 5.76 Å². The molecule has 2 heterocycles. The first-order valence-electron chi connectivity index (χ1n) is 9.19. The summed E-state index contributed by atoms with van der Waals surface area (Å²) in [5, 5.41) is 10.8. The number of hydrogen-bond donors (Lipinski definition) is 2. The third-order valence-electron chi connectivity index (χ3n) is 5.01. The Kier molecular flexibility index (Phi) is 5.70. The van der Waals surface area contributed by atoms with Gasteiger partial charge >= 0.3 is 0 Å². The molecule has 1 aromatic rings. The smallest absolute Gasteiger partial charge is 0.220 e. The molecular weight excluding hydrogens is 290 g/mol. The Bertz CT molecular complexity index is 510. The van der Waals surface area contributed by atoms with E-state index in [2.05, 4.69) is 28.8 Å². The number of unbranched alkanes of at least 4 members (excludes halogenated alkanes) is 1. The maximum atomic E-state index is 12.1. The fraction of sp³-hybridized carbons (Fsp3) is 0.778. The van der Waals surface area contributed by atoms with Gasteiger partial charge in [-0.2, -0.15) is 0 Å². The van der Waals surface area contributed by atoms with Crippen LogP contribution >= 0.6 is 0 Å². The standard InChI is InChI=1S/C18H29N3O2/c1-2-3-4-17-11-16(21-23-17)9-14-12-19-8-7-13(14)10-18(22)20-15-5-6-15/h11,13-15,19H,2-10,12H2,1H3,(H,20,22)/t13-,14+/m0/s1. The molecule has 1 saturated carbocycles. The Labute approximate surface area is 138 Å². The van der Waals surface area contributed by atoms with Crippen LogP contribution in [-0.2, 0) is 17.6 Å². The van der Waals surface area contributed by atoms with Crippen molar-refractivity contribution in [3.63, 3.8) is 0 Å². The fourth-order valence-corrected chi connectivity index (χ4v) is 3.43. The summed E-state index contributed by atoms with van der Waals surface area (Å²) in [5.41, 5.74) is 1.04. The van der Waals surface area contributed by atoms with E-state index in [-0.39, 0.29) is 5.91 Å². The highest BCUT2D eigenvalue weighted by Crippen LogP contribution is 2.27.